The molecule has 4 nitrogen and oxygen atoms in total. The fourth-order valence-electron chi connectivity index (χ4n) is 4.30. The third-order valence-corrected chi connectivity index (χ3v) is 6.19. The van der Waals surface area contributed by atoms with Crippen LogP contribution in [0.15, 0.2) is 97.1 Å². The van der Waals surface area contributed by atoms with Crippen LogP contribution in [0.2, 0.25) is 0 Å². The molecule has 2 atom stereocenters. The number of alkyl halides is 3. The Morgan fingerprint density at radius 2 is 1.43 bits per heavy atom. The Bertz CT molecular complexity index is 1340. The molecule has 0 aromatic heterocycles. The summed E-state index contributed by atoms with van der Waals surface area (Å²) >= 11 is 0. The van der Waals surface area contributed by atoms with E-state index >= 15 is 0 Å². The average molecular weight is 507 g/mol. The molecule has 0 saturated carbocycles. The third kappa shape index (κ3) is 5.89. The van der Waals surface area contributed by atoms with E-state index in [0.717, 1.165) is 23.3 Å². The standard InChI is InChI=1S/C30H25F3O4/c31-30(32,33)23-13-7-12-22(14-23)29-26(34)17-25-27(36-19-21-10-5-2-6-11-21)15-24(16-28(25)37-29)35-18-20-8-3-1-4-9-20/h1-16,26,29,34H,17-19H2/t26-,29+/m0/s1. The van der Waals surface area contributed by atoms with Crippen LogP contribution in [0.5, 0.6) is 17.2 Å². The van der Waals surface area contributed by atoms with Crippen molar-refractivity contribution in [2.45, 2.75) is 38.0 Å². The van der Waals surface area contributed by atoms with Gasteiger partial charge in [-0.3, -0.25) is 0 Å². The van der Waals surface area contributed by atoms with Crippen LogP contribution in [-0.2, 0) is 25.8 Å². The molecule has 0 saturated heterocycles. The summed E-state index contributed by atoms with van der Waals surface area (Å²) in [5, 5.41) is 10.9. The number of ether oxygens (including phenoxy) is 3. The first-order chi connectivity index (χ1) is 17.9. The van der Waals surface area contributed by atoms with Crippen molar-refractivity contribution >= 4 is 0 Å². The van der Waals surface area contributed by atoms with Crippen molar-refractivity contribution in [3.05, 3.63) is 125 Å². The molecule has 7 heteroatoms. The Morgan fingerprint density at radius 3 is 2.08 bits per heavy atom. The quantitative estimate of drug-likeness (QED) is 0.296. The largest absolute Gasteiger partial charge is 0.489 e. The summed E-state index contributed by atoms with van der Waals surface area (Å²) in [7, 11) is 0. The number of rotatable bonds is 7. The number of aliphatic hydroxyl groups is 1. The number of benzene rings is 4. The van der Waals surface area contributed by atoms with E-state index in [9.17, 15) is 18.3 Å². The van der Waals surface area contributed by atoms with Gasteiger partial charge in [-0.25, -0.2) is 0 Å². The zero-order valence-electron chi connectivity index (χ0n) is 19.8. The molecule has 1 heterocycles. The zero-order valence-corrected chi connectivity index (χ0v) is 19.8. The first-order valence-corrected chi connectivity index (χ1v) is 11.9. The minimum absolute atomic E-state index is 0.152. The van der Waals surface area contributed by atoms with E-state index in [0.29, 0.717) is 36.0 Å². The summed E-state index contributed by atoms with van der Waals surface area (Å²) in [5.74, 6) is 1.39. The van der Waals surface area contributed by atoms with Crippen molar-refractivity contribution in [2.24, 2.45) is 0 Å². The van der Waals surface area contributed by atoms with Crippen molar-refractivity contribution in [1.82, 2.24) is 0 Å². The maximum atomic E-state index is 13.3. The highest BCUT2D eigenvalue weighted by atomic mass is 19.4. The highest BCUT2D eigenvalue weighted by Crippen LogP contribution is 2.43. The van der Waals surface area contributed by atoms with Gasteiger partial charge < -0.3 is 19.3 Å². The molecular formula is C30H25F3O4. The van der Waals surface area contributed by atoms with Gasteiger partial charge in [-0.15, -0.1) is 0 Å². The molecule has 0 aliphatic carbocycles. The molecular weight excluding hydrogens is 481 g/mol. The van der Waals surface area contributed by atoms with Crippen molar-refractivity contribution < 1.29 is 32.5 Å². The molecule has 0 radical (unpaired) electrons. The van der Waals surface area contributed by atoms with Gasteiger partial charge in [0, 0.05) is 24.1 Å². The Labute approximate surface area is 212 Å². The van der Waals surface area contributed by atoms with Crippen molar-refractivity contribution in [3.8, 4) is 17.2 Å². The fraction of sp³-hybridized carbons (Fsp3) is 0.200. The highest BCUT2D eigenvalue weighted by molar-refractivity contribution is 5.53. The molecule has 0 spiro atoms. The van der Waals surface area contributed by atoms with Gasteiger partial charge in [0.25, 0.3) is 0 Å². The predicted octanol–water partition coefficient (Wildman–Crippen LogP) is 6.90. The number of halogens is 3. The second-order valence-electron chi connectivity index (χ2n) is 8.88. The molecule has 1 aliphatic rings. The second kappa shape index (κ2) is 10.6. The first-order valence-electron chi connectivity index (χ1n) is 11.9. The maximum absolute atomic E-state index is 13.3. The molecule has 0 bridgehead atoms. The van der Waals surface area contributed by atoms with Crippen LogP contribution in [0.4, 0.5) is 13.2 Å². The molecule has 1 N–H and O–H groups in total. The van der Waals surface area contributed by atoms with E-state index in [-0.39, 0.29) is 12.0 Å². The smallest absolute Gasteiger partial charge is 0.416 e. The molecule has 4 aromatic carbocycles. The first kappa shape index (κ1) is 24.7. The van der Waals surface area contributed by atoms with Gasteiger partial charge in [-0.1, -0.05) is 72.8 Å². The Morgan fingerprint density at radius 1 is 0.784 bits per heavy atom. The zero-order chi connectivity index (χ0) is 25.8. The maximum Gasteiger partial charge on any atom is 0.416 e. The number of hydrogen-bond acceptors (Lipinski definition) is 4. The summed E-state index contributed by atoms with van der Waals surface area (Å²) in [5.41, 5.74) is 2.03. The Kier molecular flexibility index (Phi) is 7.06. The highest BCUT2D eigenvalue weighted by Gasteiger charge is 2.35. The van der Waals surface area contributed by atoms with Gasteiger partial charge in [-0.2, -0.15) is 13.2 Å². The molecule has 190 valence electrons. The van der Waals surface area contributed by atoms with E-state index < -0.39 is 23.9 Å². The molecule has 37 heavy (non-hydrogen) atoms. The van der Waals surface area contributed by atoms with Gasteiger partial charge >= 0.3 is 6.18 Å². The minimum atomic E-state index is -4.50. The molecule has 4 aromatic rings. The van der Waals surface area contributed by atoms with Crippen LogP contribution < -0.4 is 14.2 Å². The predicted molar refractivity (Wildman–Crippen MR) is 133 cm³/mol. The average Bonchev–Trinajstić information content (AvgIpc) is 2.91. The normalized spacial score (nSPS) is 17.0. The van der Waals surface area contributed by atoms with E-state index in [1.807, 2.05) is 60.7 Å². The number of aliphatic hydroxyl groups excluding tert-OH is 1. The van der Waals surface area contributed by atoms with Crippen molar-refractivity contribution in [3.63, 3.8) is 0 Å². The van der Waals surface area contributed by atoms with Crippen LogP contribution in [0, 0.1) is 0 Å². The summed E-state index contributed by atoms with van der Waals surface area (Å²) in [6, 6.07) is 27.6. The number of hydrogen-bond donors (Lipinski definition) is 1. The van der Waals surface area contributed by atoms with E-state index in [1.165, 1.54) is 12.1 Å². The Balaban J connectivity index is 1.45. The number of fused-ring (bicyclic) bond motifs is 1. The molecule has 0 amide bonds. The molecule has 0 fully saturated rings. The van der Waals surface area contributed by atoms with Gasteiger partial charge in [0.2, 0.25) is 0 Å². The lowest BCUT2D eigenvalue weighted by Gasteiger charge is -2.32. The molecule has 0 unspecified atom stereocenters. The van der Waals surface area contributed by atoms with Crippen LogP contribution >= 0.6 is 0 Å². The van der Waals surface area contributed by atoms with Gasteiger partial charge in [0.1, 0.15) is 36.6 Å². The molecule has 5 rings (SSSR count). The van der Waals surface area contributed by atoms with Gasteiger partial charge in [-0.05, 0) is 28.8 Å². The lowest BCUT2D eigenvalue weighted by molar-refractivity contribution is -0.137. The molecule has 1 aliphatic heterocycles. The minimum Gasteiger partial charge on any atom is -0.489 e. The summed E-state index contributed by atoms with van der Waals surface area (Å²) < 4.78 is 58.1. The second-order valence-corrected chi connectivity index (χ2v) is 8.88. The van der Waals surface area contributed by atoms with Crippen LogP contribution in [0.3, 0.4) is 0 Å². The monoisotopic (exact) mass is 506 g/mol. The van der Waals surface area contributed by atoms with Gasteiger partial charge in [0.05, 0.1) is 11.7 Å². The Hall–Kier alpha value is -3.97. The summed E-state index contributed by atoms with van der Waals surface area (Å²) in [4.78, 5) is 0. The summed E-state index contributed by atoms with van der Waals surface area (Å²) in [6.45, 7) is 0.611. The van der Waals surface area contributed by atoms with E-state index in [2.05, 4.69) is 0 Å². The van der Waals surface area contributed by atoms with Crippen molar-refractivity contribution in [2.75, 3.05) is 0 Å². The van der Waals surface area contributed by atoms with Crippen molar-refractivity contribution in [1.29, 1.82) is 0 Å². The van der Waals surface area contributed by atoms with E-state index in [4.69, 9.17) is 14.2 Å². The SMILES string of the molecule is O[C@H]1Cc2c(OCc3ccccc3)cc(OCc3ccccc3)cc2O[C@@H]1c1cccc(C(F)(F)F)c1. The van der Waals surface area contributed by atoms with Gasteiger partial charge in [0.15, 0.2) is 0 Å². The van der Waals surface area contributed by atoms with E-state index in [1.54, 1.807) is 12.1 Å². The van der Waals surface area contributed by atoms with Crippen LogP contribution in [0.25, 0.3) is 0 Å². The fourth-order valence-corrected chi connectivity index (χ4v) is 4.30. The summed E-state index contributed by atoms with van der Waals surface area (Å²) in [6.07, 6.45) is -6.38. The third-order valence-electron chi connectivity index (χ3n) is 6.19. The lowest BCUT2D eigenvalue weighted by atomic mass is 9.93. The van der Waals surface area contributed by atoms with Crippen LogP contribution in [0.1, 0.15) is 33.9 Å². The lowest BCUT2D eigenvalue weighted by Crippen LogP contribution is -2.31. The topological polar surface area (TPSA) is 47.9 Å². The van der Waals surface area contributed by atoms with Crippen LogP contribution in [-0.4, -0.2) is 11.2 Å².